The first-order valence-corrected chi connectivity index (χ1v) is 11.6. The minimum atomic E-state index is -0.124. The zero-order valence-electron chi connectivity index (χ0n) is 20.3. The second-order valence-corrected chi connectivity index (χ2v) is 8.34. The molecule has 2 aromatic heterocycles. The van der Waals surface area contributed by atoms with Crippen molar-refractivity contribution in [2.24, 2.45) is 4.99 Å². The van der Waals surface area contributed by atoms with Gasteiger partial charge in [-0.25, -0.2) is 9.97 Å². The van der Waals surface area contributed by atoms with Crippen LogP contribution in [-0.2, 0) is 17.6 Å². The highest BCUT2D eigenvalue weighted by Gasteiger charge is 2.10. The maximum Gasteiger partial charge on any atom is 0.229 e. The van der Waals surface area contributed by atoms with E-state index in [4.69, 9.17) is 4.74 Å². The van der Waals surface area contributed by atoms with Gasteiger partial charge < -0.3 is 9.72 Å². The lowest BCUT2D eigenvalue weighted by Gasteiger charge is -2.12. The van der Waals surface area contributed by atoms with E-state index >= 15 is 0 Å². The van der Waals surface area contributed by atoms with Crippen LogP contribution in [0, 0.1) is 13.8 Å². The monoisotopic (exact) mass is 470 g/mol. The fourth-order valence-electron chi connectivity index (χ4n) is 3.87. The Hall–Kier alpha value is -4.20. The molecule has 4 aromatic rings. The topological polar surface area (TPSA) is 104 Å². The van der Waals surface area contributed by atoms with Crippen LogP contribution in [0.2, 0.25) is 0 Å². The number of carbonyl (C=O) groups is 1. The number of rotatable bonds is 8. The number of hydrogen-bond acceptors (Lipinski definition) is 5. The van der Waals surface area contributed by atoms with Crippen LogP contribution in [0.25, 0.3) is 10.9 Å². The minimum absolute atomic E-state index is 0.124. The highest BCUT2D eigenvalue weighted by molar-refractivity contribution is 6.03. The summed E-state index contributed by atoms with van der Waals surface area (Å²) in [5, 5.41) is 7.09. The first kappa shape index (κ1) is 23.9. The van der Waals surface area contributed by atoms with Crippen LogP contribution >= 0.6 is 0 Å². The third-order valence-corrected chi connectivity index (χ3v) is 5.58. The predicted molar refractivity (Wildman–Crippen MR) is 139 cm³/mol. The van der Waals surface area contributed by atoms with E-state index in [1.54, 1.807) is 7.11 Å². The van der Waals surface area contributed by atoms with Gasteiger partial charge in [-0.3, -0.25) is 20.4 Å². The van der Waals surface area contributed by atoms with E-state index in [9.17, 15) is 4.79 Å². The Bertz CT molecular complexity index is 1310. The summed E-state index contributed by atoms with van der Waals surface area (Å²) in [6, 6.07) is 17.8. The lowest BCUT2D eigenvalue weighted by atomic mass is 10.1. The van der Waals surface area contributed by atoms with Gasteiger partial charge in [-0.1, -0.05) is 30.3 Å². The van der Waals surface area contributed by atoms with Gasteiger partial charge in [-0.05, 0) is 62.1 Å². The average Bonchev–Trinajstić information content (AvgIpc) is 3.25. The molecule has 2 heterocycles. The molecular weight excluding hydrogens is 440 g/mol. The molecule has 35 heavy (non-hydrogen) atoms. The fourth-order valence-corrected chi connectivity index (χ4v) is 3.87. The molecule has 0 saturated heterocycles. The number of carbonyl (C=O) groups excluding carboxylic acids is 1. The number of nitrogens with zero attached hydrogens (tertiary/aromatic N) is 3. The number of hydrogen-bond donors (Lipinski definition) is 3. The van der Waals surface area contributed by atoms with Crippen LogP contribution in [-0.4, -0.2) is 40.5 Å². The van der Waals surface area contributed by atoms with E-state index in [1.165, 1.54) is 0 Å². The molecule has 3 N–H and O–H groups in total. The summed E-state index contributed by atoms with van der Waals surface area (Å²) in [6.07, 6.45) is 3.67. The normalized spacial score (nSPS) is 11.5. The molecular formula is C27H30N6O2. The van der Waals surface area contributed by atoms with Gasteiger partial charge >= 0.3 is 0 Å². The van der Waals surface area contributed by atoms with Gasteiger partial charge in [0.15, 0.2) is 0 Å². The molecule has 8 nitrogen and oxygen atoms in total. The van der Waals surface area contributed by atoms with Gasteiger partial charge in [0, 0.05) is 41.5 Å². The first-order valence-electron chi connectivity index (χ1n) is 11.6. The average molecular weight is 471 g/mol. The third-order valence-electron chi connectivity index (χ3n) is 5.58. The van der Waals surface area contributed by atoms with Crippen LogP contribution in [0.1, 0.15) is 28.9 Å². The molecule has 180 valence electrons. The van der Waals surface area contributed by atoms with E-state index in [-0.39, 0.29) is 5.91 Å². The number of aliphatic imine (C=N–C) groups is 1. The Morgan fingerprint density at radius 1 is 1.03 bits per heavy atom. The van der Waals surface area contributed by atoms with Crippen molar-refractivity contribution in [3.8, 4) is 5.75 Å². The molecule has 2 aromatic carbocycles. The Kier molecular flexibility index (Phi) is 7.72. The van der Waals surface area contributed by atoms with Crippen molar-refractivity contribution >= 4 is 28.7 Å². The first-order chi connectivity index (χ1) is 17.0. The summed E-state index contributed by atoms with van der Waals surface area (Å²) in [5.41, 5.74) is 4.95. The second kappa shape index (κ2) is 11.3. The highest BCUT2D eigenvalue weighted by Crippen LogP contribution is 2.24. The van der Waals surface area contributed by atoms with Crippen molar-refractivity contribution in [1.29, 1.82) is 0 Å². The van der Waals surface area contributed by atoms with E-state index in [0.29, 0.717) is 37.7 Å². The van der Waals surface area contributed by atoms with Crippen LogP contribution in [0.5, 0.6) is 5.75 Å². The molecule has 8 heteroatoms. The van der Waals surface area contributed by atoms with Crippen molar-refractivity contribution in [3.05, 3.63) is 83.3 Å². The summed E-state index contributed by atoms with van der Waals surface area (Å²) >= 11 is 0. The maximum absolute atomic E-state index is 12.7. The van der Waals surface area contributed by atoms with Crippen LogP contribution in [0.3, 0.4) is 0 Å². The number of ether oxygens (including phenoxy) is 1. The quantitative estimate of drug-likeness (QED) is 0.262. The number of benzene rings is 2. The van der Waals surface area contributed by atoms with E-state index in [0.717, 1.165) is 39.2 Å². The van der Waals surface area contributed by atoms with Crippen molar-refractivity contribution in [3.63, 3.8) is 0 Å². The number of fused-ring (bicyclic) bond motifs is 1. The molecule has 4 rings (SSSR count). The van der Waals surface area contributed by atoms with Gasteiger partial charge in [-0.2, -0.15) is 0 Å². The Balaban J connectivity index is 1.47. The summed E-state index contributed by atoms with van der Waals surface area (Å²) in [6.45, 7) is 4.27. The van der Waals surface area contributed by atoms with Crippen molar-refractivity contribution < 1.29 is 9.53 Å². The number of aromatic amines is 1. The number of aromatic nitrogens is 3. The molecule has 0 atom stereocenters. The molecule has 0 aliphatic heterocycles. The minimum Gasteiger partial charge on any atom is -0.497 e. The van der Waals surface area contributed by atoms with Crippen LogP contribution < -0.4 is 15.4 Å². The van der Waals surface area contributed by atoms with Crippen molar-refractivity contribution in [1.82, 2.24) is 20.3 Å². The van der Waals surface area contributed by atoms with Crippen molar-refractivity contribution in [2.45, 2.75) is 33.1 Å². The molecule has 0 spiro atoms. The largest absolute Gasteiger partial charge is 0.497 e. The highest BCUT2D eigenvalue weighted by atomic mass is 16.5. The fraction of sp³-hybridized carbons (Fsp3) is 0.259. The predicted octanol–water partition coefficient (Wildman–Crippen LogP) is 4.34. The van der Waals surface area contributed by atoms with Gasteiger partial charge in [0.2, 0.25) is 17.8 Å². The van der Waals surface area contributed by atoms with E-state index < -0.39 is 0 Å². The Morgan fingerprint density at radius 2 is 1.80 bits per heavy atom. The molecule has 0 bridgehead atoms. The number of methoxy groups -OCH3 is 1. The number of guanidine groups is 1. The summed E-state index contributed by atoms with van der Waals surface area (Å²) in [4.78, 5) is 29.5. The molecule has 0 aliphatic rings. The molecule has 0 radical (unpaired) electrons. The summed E-state index contributed by atoms with van der Waals surface area (Å²) in [7, 11) is 1.66. The van der Waals surface area contributed by atoms with Crippen LogP contribution in [0.15, 0.2) is 65.8 Å². The number of anilines is 1. The standard InChI is InChI=1S/C27H30N6O2/c1-18-15-19(2)31-27(30-18)33-26(32-25(34)12-9-20-7-5-4-6-8-20)28-14-13-21-17-29-24-11-10-22(35-3)16-23(21)24/h4-8,10-11,15-17,29H,9,12-14H2,1-3H3,(H2,28,30,31,32,33,34). The molecule has 0 aliphatic carbocycles. The molecule has 0 unspecified atom stereocenters. The zero-order chi connectivity index (χ0) is 24.6. The summed E-state index contributed by atoms with van der Waals surface area (Å²) < 4.78 is 5.36. The lowest BCUT2D eigenvalue weighted by molar-refractivity contribution is -0.119. The van der Waals surface area contributed by atoms with Gasteiger partial charge in [-0.15, -0.1) is 0 Å². The van der Waals surface area contributed by atoms with E-state index in [2.05, 4.69) is 30.6 Å². The summed E-state index contributed by atoms with van der Waals surface area (Å²) in [5.74, 6) is 1.43. The van der Waals surface area contributed by atoms with Gasteiger partial charge in [0.1, 0.15) is 5.75 Å². The van der Waals surface area contributed by atoms with Gasteiger partial charge in [0.25, 0.3) is 0 Å². The number of nitrogens with one attached hydrogen (secondary N) is 3. The number of aryl methyl sites for hydroxylation is 3. The van der Waals surface area contributed by atoms with Crippen molar-refractivity contribution in [2.75, 3.05) is 19.0 Å². The number of amides is 1. The van der Waals surface area contributed by atoms with Crippen LogP contribution in [0.4, 0.5) is 5.95 Å². The number of H-pyrrole nitrogens is 1. The maximum atomic E-state index is 12.7. The molecule has 1 amide bonds. The Morgan fingerprint density at radius 3 is 2.54 bits per heavy atom. The second-order valence-electron chi connectivity index (χ2n) is 8.34. The lowest BCUT2D eigenvalue weighted by Crippen LogP contribution is -2.37. The van der Waals surface area contributed by atoms with Gasteiger partial charge in [0.05, 0.1) is 7.11 Å². The third kappa shape index (κ3) is 6.66. The molecule has 0 fully saturated rings. The van der Waals surface area contributed by atoms with E-state index in [1.807, 2.05) is 74.6 Å². The smallest absolute Gasteiger partial charge is 0.229 e. The SMILES string of the molecule is COc1ccc2[nH]cc(CCN=C(NC(=O)CCc3ccccc3)Nc3nc(C)cc(C)n3)c2c1. The Labute approximate surface area is 204 Å². The molecule has 0 saturated carbocycles. The zero-order valence-corrected chi connectivity index (χ0v) is 20.3.